The molecule has 0 N–H and O–H groups in total. The molecule has 148 valence electrons. The zero-order valence-electron chi connectivity index (χ0n) is 15.1. The minimum atomic E-state index is -4.33. The topological polar surface area (TPSA) is 27.1 Å². The number of hydrogen-bond acceptors (Lipinski definition) is 2. The van der Waals surface area contributed by atoms with Gasteiger partial charge in [0.15, 0.2) is 0 Å². The largest absolute Gasteiger partial charge is 0.416 e. The Kier molecular flexibility index (Phi) is 6.75. The Morgan fingerprint density at radius 1 is 1.00 bits per heavy atom. The highest BCUT2D eigenvalue weighted by Crippen LogP contribution is 2.29. The number of imidazole rings is 1. The van der Waals surface area contributed by atoms with Crippen molar-refractivity contribution in [2.24, 2.45) is 0 Å². The van der Waals surface area contributed by atoms with Crippen LogP contribution in [0.15, 0.2) is 67.3 Å². The quantitative estimate of drug-likeness (QED) is 0.473. The summed E-state index contributed by atoms with van der Waals surface area (Å²) >= 11 is 5.92. The van der Waals surface area contributed by atoms with E-state index in [-0.39, 0.29) is 12.7 Å². The van der Waals surface area contributed by atoms with Crippen molar-refractivity contribution < 1.29 is 17.9 Å². The molecule has 3 rings (SSSR count). The van der Waals surface area contributed by atoms with Gasteiger partial charge in [0.2, 0.25) is 0 Å². The van der Waals surface area contributed by atoms with Gasteiger partial charge in [-0.3, -0.25) is 0 Å². The molecule has 0 aliphatic heterocycles. The number of aryl methyl sites for hydroxylation is 1. The summed E-state index contributed by atoms with van der Waals surface area (Å²) in [5.41, 5.74) is 1.20. The minimum Gasteiger partial charge on any atom is -0.372 e. The smallest absolute Gasteiger partial charge is 0.372 e. The lowest BCUT2D eigenvalue weighted by Gasteiger charge is -2.19. The fourth-order valence-electron chi connectivity index (χ4n) is 2.84. The first-order valence-corrected chi connectivity index (χ1v) is 9.26. The molecule has 0 bridgehead atoms. The number of benzene rings is 2. The molecule has 1 unspecified atom stereocenters. The van der Waals surface area contributed by atoms with E-state index in [4.69, 9.17) is 16.3 Å². The molecular weight excluding hydrogens is 389 g/mol. The van der Waals surface area contributed by atoms with Crippen LogP contribution in [-0.4, -0.2) is 15.7 Å². The van der Waals surface area contributed by atoms with Crippen LogP contribution in [0.2, 0.25) is 5.02 Å². The Morgan fingerprint density at radius 2 is 1.68 bits per heavy atom. The van der Waals surface area contributed by atoms with E-state index in [2.05, 4.69) is 4.98 Å². The number of ether oxygens (including phenoxy) is 1. The Balaban J connectivity index is 1.60. The second-order valence-electron chi connectivity index (χ2n) is 6.55. The molecule has 0 radical (unpaired) electrons. The molecule has 1 aromatic heterocycles. The van der Waals surface area contributed by atoms with E-state index < -0.39 is 11.7 Å². The van der Waals surface area contributed by atoms with Gasteiger partial charge in [-0.05, 0) is 48.2 Å². The van der Waals surface area contributed by atoms with Crippen LogP contribution in [0.1, 0.15) is 23.1 Å². The van der Waals surface area contributed by atoms with Crippen LogP contribution in [0, 0.1) is 0 Å². The van der Waals surface area contributed by atoms with Crippen molar-refractivity contribution in [2.45, 2.75) is 38.3 Å². The molecule has 3 nitrogen and oxygen atoms in total. The van der Waals surface area contributed by atoms with E-state index in [9.17, 15) is 13.2 Å². The Hall–Kier alpha value is -2.31. The molecule has 0 aliphatic carbocycles. The van der Waals surface area contributed by atoms with Gasteiger partial charge in [-0.1, -0.05) is 35.9 Å². The van der Waals surface area contributed by atoms with Crippen molar-refractivity contribution in [2.75, 3.05) is 0 Å². The van der Waals surface area contributed by atoms with Gasteiger partial charge in [0.25, 0.3) is 0 Å². The van der Waals surface area contributed by atoms with Crippen molar-refractivity contribution in [1.29, 1.82) is 0 Å². The van der Waals surface area contributed by atoms with Crippen molar-refractivity contribution >= 4 is 11.6 Å². The third kappa shape index (κ3) is 6.11. The van der Waals surface area contributed by atoms with Gasteiger partial charge >= 0.3 is 6.18 Å². The van der Waals surface area contributed by atoms with Gasteiger partial charge in [0.1, 0.15) is 0 Å². The van der Waals surface area contributed by atoms with Crippen molar-refractivity contribution in [3.63, 3.8) is 0 Å². The first-order valence-electron chi connectivity index (χ1n) is 8.88. The van der Waals surface area contributed by atoms with E-state index in [1.807, 2.05) is 35.0 Å². The van der Waals surface area contributed by atoms with Gasteiger partial charge in [0, 0.05) is 24.0 Å². The van der Waals surface area contributed by atoms with Gasteiger partial charge in [-0.2, -0.15) is 13.2 Å². The van der Waals surface area contributed by atoms with E-state index in [0.717, 1.165) is 30.5 Å². The lowest BCUT2D eigenvalue weighted by molar-refractivity contribution is -0.137. The van der Waals surface area contributed by atoms with Crippen LogP contribution in [0.3, 0.4) is 0 Å². The van der Waals surface area contributed by atoms with Crippen LogP contribution in [-0.2, 0) is 30.5 Å². The summed E-state index contributed by atoms with van der Waals surface area (Å²) in [6, 6.07) is 12.7. The predicted octanol–water partition coefficient (Wildman–Crippen LogP) is 5.77. The van der Waals surface area contributed by atoms with E-state index in [1.165, 1.54) is 12.1 Å². The SMILES string of the molecule is FC(F)(F)c1ccc(COC(CCc2ccc(Cl)cc2)Cn2ccnc2)cc1. The summed E-state index contributed by atoms with van der Waals surface area (Å²) in [5.74, 6) is 0. The first-order chi connectivity index (χ1) is 13.4. The standard InChI is InChI=1S/C21H20ClF3N2O/c22-19-8-3-16(4-9-19)5-10-20(13-27-12-11-26-15-27)28-14-17-1-6-18(7-2-17)21(23,24)25/h1-4,6-9,11-12,15,20H,5,10,13-14H2. The molecule has 2 aromatic carbocycles. The third-order valence-corrected chi connectivity index (χ3v) is 4.66. The maximum Gasteiger partial charge on any atom is 0.416 e. The number of nitrogens with zero attached hydrogens (tertiary/aromatic N) is 2. The van der Waals surface area contributed by atoms with Crippen molar-refractivity contribution in [1.82, 2.24) is 9.55 Å². The van der Waals surface area contributed by atoms with Crippen LogP contribution in [0.5, 0.6) is 0 Å². The molecular formula is C21H20ClF3N2O. The van der Waals surface area contributed by atoms with Crippen LogP contribution < -0.4 is 0 Å². The van der Waals surface area contributed by atoms with Crippen molar-refractivity contribution in [3.05, 3.63) is 89.0 Å². The molecule has 1 heterocycles. The Bertz CT molecular complexity index is 847. The maximum absolute atomic E-state index is 12.7. The number of alkyl halides is 3. The second kappa shape index (κ2) is 9.26. The zero-order chi connectivity index (χ0) is 20.0. The predicted molar refractivity (Wildman–Crippen MR) is 102 cm³/mol. The van der Waals surface area contributed by atoms with Crippen LogP contribution in [0.4, 0.5) is 13.2 Å². The highest BCUT2D eigenvalue weighted by molar-refractivity contribution is 6.30. The average Bonchev–Trinajstić information content (AvgIpc) is 3.18. The van der Waals surface area contributed by atoms with Gasteiger partial charge in [-0.15, -0.1) is 0 Å². The fraction of sp³-hybridized carbons (Fsp3) is 0.286. The average molecular weight is 409 g/mol. The molecule has 3 aromatic rings. The van der Waals surface area contributed by atoms with Gasteiger partial charge in [0.05, 0.1) is 24.6 Å². The monoisotopic (exact) mass is 408 g/mol. The lowest BCUT2D eigenvalue weighted by Crippen LogP contribution is -2.20. The number of hydrogen-bond donors (Lipinski definition) is 0. The number of rotatable bonds is 8. The summed E-state index contributed by atoms with van der Waals surface area (Å²) in [5, 5.41) is 0.692. The normalized spacial score (nSPS) is 12.9. The molecule has 0 amide bonds. The molecule has 28 heavy (non-hydrogen) atoms. The second-order valence-corrected chi connectivity index (χ2v) is 6.99. The maximum atomic E-state index is 12.7. The Labute approximate surface area is 166 Å². The number of aromatic nitrogens is 2. The molecule has 0 saturated heterocycles. The van der Waals surface area contributed by atoms with E-state index in [0.29, 0.717) is 17.1 Å². The Morgan fingerprint density at radius 3 is 2.29 bits per heavy atom. The highest BCUT2D eigenvalue weighted by atomic mass is 35.5. The molecule has 0 aliphatic rings. The van der Waals surface area contributed by atoms with Crippen LogP contribution in [0.25, 0.3) is 0 Å². The van der Waals surface area contributed by atoms with Crippen molar-refractivity contribution in [3.8, 4) is 0 Å². The molecule has 7 heteroatoms. The van der Waals surface area contributed by atoms with Crippen LogP contribution >= 0.6 is 11.6 Å². The summed E-state index contributed by atoms with van der Waals surface area (Å²) in [7, 11) is 0. The summed E-state index contributed by atoms with van der Waals surface area (Å²) < 4.78 is 46.0. The third-order valence-electron chi connectivity index (χ3n) is 4.41. The zero-order valence-corrected chi connectivity index (χ0v) is 15.8. The molecule has 1 atom stereocenters. The highest BCUT2D eigenvalue weighted by Gasteiger charge is 2.29. The first kappa shape index (κ1) is 20.4. The van der Waals surface area contributed by atoms with E-state index in [1.54, 1.807) is 12.5 Å². The molecule has 0 saturated carbocycles. The summed E-state index contributed by atoms with van der Waals surface area (Å²) in [4.78, 5) is 4.04. The van der Waals surface area contributed by atoms with E-state index >= 15 is 0 Å². The lowest BCUT2D eigenvalue weighted by atomic mass is 10.1. The number of halogens is 4. The summed E-state index contributed by atoms with van der Waals surface area (Å²) in [6.45, 7) is 0.867. The van der Waals surface area contributed by atoms with Gasteiger partial charge < -0.3 is 9.30 Å². The molecule has 0 spiro atoms. The fourth-order valence-corrected chi connectivity index (χ4v) is 2.97. The summed E-state index contributed by atoms with van der Waals surface area (Å²) in [6.07, 6.45) is 2.41. The molecule has 0 fully saturated rings. The van der Waals surface area contributed by atoms with Gasteiger partial charge in [-0.25, -0.2) is 4.98 Å². The minimum absolute atomic E-state index is 0.104.